The van der Waals surface area contributed by atoms with Crippen molar-refractivity contribution in [1.82, 2.24) is 4.90 Å². The fourth-order valence-corrected chi connectivity index (χ4v) is 2.56. The molecule has 3 unspecified atom stereocenters. The summed E-state index contributed by atoms with van der Waals surface area (Å²) in [5.74, 6) is -0.182. The summed E-state index contributed by atoms with van der Waals surface area (Å²) in [7, 11) is 0. The third-order valence-electron chi connectivity index (χ3n) is 3.68. The van der Waals surface area contributed by atoms with Gasteiger partial charge in [0.1, 0.15) is 5.82 Å². The number of nitrogens with two attached hydrogens (primary N) is 1. The lowest BCUT2D eigenvalue weighted by Crippen LogP contribution is -2.38. The zero-order valence-electron chi connectivity index (χ0n) is 10.8. The van der Waals surface area contributed by atoms with Crippen LogP contribution in [0.5, 0.6) is 0 Å². The van der Waals surface area contributed by atoms with E-state index in [0.29, 0.717) is 6.42 Å². The molecule has 3 nitrogen and oxygen atoms in total. The maximum absolute atomic E-state index is 13.0. The summed E-state index contributed by atoms with van der Waals surface area (Å²) in [5, 5.41) is 0. The normalized spacial score (nSPS) is 25.6. The Kier molecular flexibility index (Phi) is 3.66. The molecule has 1 fully saturated rings. The topological polar surface area (TPSA) is 46.3 Å². The monoisotopic (exact) mass is 250 g/mol. The second-order valence-corrected chi connectivity index (χ2v) is 4.92. The van der Waals surface area contributed by atoms with E-state index in [1.54, 1.807) is 12.1 Å². The van der Waals surface area contributed by atoms with E-state index in [9.17, 15) is 9.18 Å². The fraction of sp³-hybridized carbons (Fsp3) is 0.500. The van der Waals surface area contributed by atoms with Crippen molar-refractivity contribution in [3.05, 3.63) is 35.6 Å². The highest BCUT2D eigenvalue weighted by Gasteiger charge is 2.40. The molecule has 1 aromatic carbocycles. The number of amides is 1. The van der Waals surface area contributed by atoms with Gasteiger partial charge in [0.15, 0.2) is 0 Å². The molecule has 2 N–H and O–H groups in total. The molecule has 0 aromatic heterocycles. The van der Waals surface area contributed by atoms with Gasteiger partial charge in [-0.15, -0.1) is 0 Å². The third kappa shape index (κ3) is 2.25. The number of hydrogen-bond donors (Lipinski definition) is 1. The number of likely N-dealkylation sites (tertiary alicyclic amines) is 1. The Morgan fingerprint density at radius 1 is 1.44 bits per heavy atom. The summed E-state index contributed by atoms with van der Waals surface area (Å²) >= 11 is 0. The summed E-state index contributed by atoms with van der Waals surface area (Å²) < 4.78 is 13.0. The predicted molar refractivity (Wildman–Crippen MR) is 68.3 cm³/mol. The Balaban J connectivity index is 2.33. The van der Waals surface area contributed by atoms with Gasteiger partial charge in [-0.25, -0.2) is 4.39 Å². The molecule has 3 atom stereocenters. The van der Waals surface area contributed by atoms with Gasteiger partial charge < -0.3 is 10.6 Å². The van der Waals surface area contributed by atoms with E-state index in [1.165, 1.54) is 12.1 Å². The molecule has 98 valence electrons. The van der Waals surface area contributed by atoms with E-state index < -0.39 is 0 Å². The van der Waals surface area contributed by atoms with Gasteiger partial charge in [0, 0.05) is 18.5 Å². The molecule has 1 aliphatic heterocycles. The second-order valence-electron chi connectivity index (χ2n) is 4.92. The maximum atomic E-state index is 13.0. The van der Waals surface area contributed by atoms with Gasteiger partial charge in [0.05, 0.1) is 6.04 Å². The molecule has 0 spiro atoms. The number of nitrogens with zero attached hydrogens (tertiary/aromatic N) is 1. The van der Waals surface area contributed by atoms with Gasteiger partial charge in [-0.1, -0.05) is 19.1 Å². The van der Waals surface area contributed by atoms with Gasteiger partial charge in [0.2, 0.25) is 5.91 Å². The first-order valence-corrected chi connectivity index (χ1v) is 6.36. The first kappa shape index (κ1) is 13.0. The van der Waals surface area contributed by atoms with Crippen molar-refractivity contribution in [3.8, 4) is 0 Å². The van der Waals surface area contributed by atoms with Gasteiger partial charge in [-0.2, -0.15) is 0 Å². The first-order chi connectivity index (χ1) is 8.54. The predicted octanol–water partition coefficient (Wildman–Crippen LogP) is 2.22. The molecule has 1 saturated heterocycles. The van der Waals surface area contributed by atoms with Crippen molar-refractivity contribution >= 4 is 5.91 Å². The SMILES string of the molecule is CCC(C)N1C(=O)CC(N)C1c1ccc(F)cc1. The van der Waals surface area contributed by atoms with Gasteiger partial charge in [-0.05, 0) is 31.0 Å². The minimum Gasteiger partial charge on any atom is -0.331 e. The molecular formula is C14H19FN2O. The molecule has 1 heterocycles. The lowest BCUT2D eigenvalue weighted by molar-refractivity contribution is -0.131. The summed E-state index contributed by atoms with van der Waals surface area (Å²) in [6, 6.07) is 6.08. The van der Waals surface area contributed by atoms with Crippen LogP contribution < -0.4 is 5.73 Å². The van der Waals surface area contributed by atoms with Gasteiger partial charge in [-0.3, -0.25) is 4.79 Å². The van der Waals surface area contributed by atoms with Crippen molar-refractivity contribution < 1.29 is 9.18 Å². The van der Waals surface area contributed by atoms with Gasteiger partial charge >= 0.3 is 0 Å². The van der Waals surface area contributed by atoms with Crippen LogP contribution in [0.3, 0.4) is 0 Å². The number of carbonyl (C=O) groups excluding carboxylic acids is 1. The quantitative estimate of drug-likeness (QED) is 0.894. The molecule has 1 amide bonds. The van der Waals surface area contributed by atoms with Crippen LogP contribution >= 0.6 is 0 Å². The van der Waals surface area contributed by atoms with Crippen LogP contribution in [-0.4, -0.2) is 22.9 Å². The van der Waals surface area contributed by atoms with Crippen molar-refractivity contribution in [2.45, 2.75) is 44.8 Å². The van der Waals surface area contributed by atoms with E-state index in [1.807, 2.05) is 18.7 Å². The van der Waals surface area contributed by atoms with Crippen LogP contribution in [0, 0.1) is 5.82 Å². The van der Waals surface area contributed by atoms with Crippen molar-refractivity contribution in [1.29, 1.82) is 0 Å². The summed E-state index contributed by atoms with van der Waals surface area (Å²) in [6.45, 7) is 4.07. The highest BCUT2D eigenvalue weighted by molar-refractivity contribution is 5.80. The number of hydrogen-bond acceptors (Lipinski definition) is 2. The molecule has 18 heavy (non-hydrogen) atoms. The molecule has 2 rings (SSSR count). The molecule has 0 aliphatic carbocycles. The van der Waals surface area contributed by atoms with E-state index in [-0.39, 0.29) is 29.8 Å². The zero-order chi connectivity index (χ0) is 13.3. The summed E-state index contributed by atoms with van der Waals surface area (Å²) in [4.78, 5) is 13.9. The average molecular weight is 250 g/mol. The molecule has 1 aromatic rings. The van der Waals surface area contributed by atoms with Crippen LogP contribution in [0.4, 0.5) is 4.39 Å². The Morgan fingerprint density at radius 3 is 2.61 bits per heavy atom. The van der Waals surface area contributed by atoms with E-state index in [0.717, 1.165) is 12.0 Å². The van der Waals surface area contributed by atoms with Crippen molar-refractivity contribution in [2.75, 3.05) is 0 Å². The standard InChI is InChI=1S/C14H19FN2O/c1-3-9(2)17-13(18)8-12(16)14(17)10-4-6-11(15)7-5-10/h4-7,9,12,14H,3,8,16H2,1-2H3. The van der Waals surface area contributed by atoms with Crippen LogP contribution in [0.15, 0.2) is 24.3 Å². The highest BCUT2D eigenvalue weighted by Crippen LogP contribution is 2.34. The van der Waals surface area contributed by atoms with Crippen molar-refractivity contribution in [2.24, 2.45) is 5.73 Å². The van der Waals surface area contributed by atoms with E-state index in [4.69, 9.17) is 5.73 Å². The average Bonchev–Trinajstić information content (AvgIpc) is 2.64. The molecule has 0 bridgehead atoms. The Bertz CT molecular complexity index is 432. The highest BCUT2D eigenvalue weighted by atomic mass is 19.1. The molecular weight excluding hydrogens is 231 g/mol. The maximum Gasteiger partial charge on any atom is 0.225 e. The minimum absolute atomic E-state index is 0.0891. The van der Waals surface area contributed by atoms with Crippen LogP contribution in [0.25, 0.3) is 0 Å². The third-order valence-corrected chi connectivity index (χ3v) is 3.68. The molecule has 4 heteroatoms. The van der Waals surface area contributed by atoms with Crippen molar-refractivity contribution in [3.63, 3.8) is 0 Å². The number of halogens is 1. The second kappa shape index (κ2) is 5.06. The first-order valence-electron chi connectivity index (χ1n) is 6.36. The summed E-state index contributed by atoms with van der Waals surface area (Å²) in [6.07, 6.45) is 1.25. The largest absolute Gasteiger partial charge is 0.331 e. The minimum atomic E-state index is -0.272. The fourth-order valence-electron chi connectivity index (χ4n) is 2.56. The van der Waals surface area contributed by atoms with E-state index in [2.05, 4.69) is 0 Å². The molecule has 0 saturated carbocycles. The Hall–Kier alpha value is -1.42. The number of rotatable bonds is 3. The lowest BCUT2D eigenvalue weighted by atomic mass is 9.99. The van der Waals surface area contributed by atoms with Gasteiger partial charge in [0.25, 0.3) is 0 Å². The molecule has 1 aliphatic rings. The van der Waals surface area contributed by atoms with E-state index >= 15 is 0 Å². The Morgan fingerprint density at radius 2 is 2.06 bits per heavy atom. The van der Waals surface area contributed by atoms with Crippen LogP contribution in [0.1, 0.15) is 38.3 Å². The Labute approximate surface area is 107 Å². The lowest BCUT2D eigenvalue weighted by Gasteiger charge is -2.32. The van der Waals surface area contributed by atoms with Crippen LogP contribution in [0.2, 0.25) is 0 Å². The van der Waals surface area contributed by atoms with Crippen LogP contribution in [-0.2, 0) is 4.79 Å². The molecule has 0 radical (unpaired) electrons. The smallest absolute Gasteiger partial charge is 0.225 e. The zero-order valence-corrected chi connectivity index (χ0v) is 10.8. The summed E-state index contributed by atoms with van der Waals surface area (Å²) in [5.41, 5.74) is 6.98. The number of carbonyl (C=O) groups is 1. The number of benzene rings is 1.